The predicted octanol–water partition coefficient (Wildman–Crippen LogP) is 2.55. The van der Waals surface area contributed by atoms with Crippen molar-refractivity contribution in [2.24, 2.45) is 5.41 Å². The van der Waals surface area contributed by atoms with Gasteiger partial charge in [0.05, 0.1) is 12.0 Å². The van der Waals surface area contributed by atoms with Crippen LogP contribution in [-0.4, -0.2) is 36.2 Å². The van der Waals surface area contributed by atoms with Crippen LogP contribution in [-0.2, 0) is 28.6 Å². The SMILES string of the molecule is C=C(C)C(=O)OC(C)(CC)CC(C)(C)C(=O)OC1CCOC1=O. The maximum absolute atomic E-state index is 12.4. The molecule has 1 aliphatic rings. The summed E-state index contributed by atoms with van der Waals surface area (Å²) in [4.78, 5) is 35.6. The summed E-state index contributed by atoms with van der Waals surface area (Å²) in [6.07, 6.45) is 0.341. The van der Waals surface area contributed by atoms with Crippen molar-refractivity contribution in [3.05, 3.63) is 12.2 Å². The van der Waals surface area contributed by atoms with Gasteiger partial charge in [-0.3, -0.25) is 4.79 Å². The zero-order valence-corrected chi connectivity index (χ0v) is 14.6. The predicted molar refractivity (Wildman–Crippen MR) is 83.5 cm³/mol. The molecule has 0 aromatic rings. The van der Waals surface area contributed by atoms with Crippen molar-refractivity contribution in [2.75, 3.05) is 6.61 Å². The second-order valence-electron chi connectivity index (χ2n) is 6.88. The summed E-state index contributed by atoms with van der Waals surface area (Å²) in [6.45, 7) is 12.5. The van der Waals surface area contributed by atoms with Gasteiger partial charge in [-0.05, 0) is 34.1 Å². The molecule has 1 rings (SSSR count). The van der Waals surface area contributed by atoms with Gasteiger partial charge in [-0.2, -0.15) is 0 Å². The molecule has 1 aliphatic heterocycles. The van der Waals surface area contributed by atoms with Gasteiger partial charge in [-0.1, -0.05) is 13.5 Å². The molecule has 0 radical (unpaired) electrons. The average Bonchev–Trinajstić information content (AvgIpc) is 2.83. The molecule has 0 saturated carbocycles. The van der Waals surface area contributed by atoms with Crippen molar-refractivity contribution in [1.29, 1.82) is 0 Å². The highest BCUT2D eigenvalue weighted by molar-refractivity contribution is 5.87. The van der Waals surface area contributed by atoms with Gasteiger partial charge in [-0.25, -0.2) is 9.59 Å². The maximum Gasteiger partial charge on any atom is 0.347 e. The fourth-order valence-corrected chi connectivity index (χ4v) is 2.42. The van der Waals surface area contributed by atoms with Crippen LogP contribution in [0.2, 0.25) is 0 Å². The van der Waals surface area contributed by atoms with E-state index in [1.54, 1.807) is 27.7 Å². The number of ether oxygens (including phenoxy) is 3. The molecule has 1 fully saturated rings. The van der Waals surface area contributed by atoms with E-state index in [0.717, 1.165) is 0 Å². The van der Waals surface area contributed by atoms with Crippen LogP contribution in [0.5, 0.6) is 0 Å². The molecule has 0 spiro atoms. The van der Waals surface area contributed by atoms with Gasteiger partial charge in [-0.15, -0.1) is 0 Å². The lowest BCUT2D eigenvalue weighted by Crippen LogP contribution is -2.41. The quantitative estimate of drug-likeness (QED) is 0.406. The lowest BCUT2D eigenvalue weighted by Gasteiger charge is -2.35. The molecule has 130 valence electrons. The first-order valence-electron chi connectivity index (χ1n) is 7.77. The maximum atomic E-state index is 12.4. The zero-order chi connectivity index (χ0) is 17.8. The Bertz CT molecular complexity index is 507. The summed E-state index contributed by atoms with van der Waals surface area (Å²) < 4.78 is 15.5. The smallest absolute Gasteiger partial charge is 0.347 e. The van der Waals surface area contributed by atoms with Crippen LogP contribution >= 0.6 is 0 Å². The van der Waals surface area contributed by atoms with E-state index in [0.29, 0.717) is 18.4 Å². The van der Waals surface area contributed by atoms with Crippen LogP contribution in [0.25, 0.3) is 0 Å². The van der Waals surface area contributed by atoms with E-state index in [1.165, 1.54) is 0 Å². The third kappa shape index (κ3) is 5.08. The van der Waals surface area contributed by atoms with Crippen LogP contribution < -0.4 is 0 Å². The molecule has 0 amide bonds. The van der Waals surface area contributed by atoms with Crippen molar-refractivity contribution in [1.82, 2.24) is 0 Å². The minimum Gasteiger partial charge on any atom is -0.463 e. The minimum absolute atomic E-state index is 0.264. The molecule has 2 atom stereocenters. The van der Waals surface area contributed by atoms with Crippen molar-refractivity contribution < 1.29 is 28.6 Å². The van der Waals surface area contributed by atoms with E-state index >= 15 is 0 Å². The van der Waals surface area contributed by atoms with E-state index < -0.39 is 35.0 Å². The van der Waals surface area contributed by atoms with Crippen LogP contribution in [0.1, 0.15) is 53.9 Å². The van der Waals surface area contributed by atoms with E-state index in [-0.39, 0.29) is 13.0 Å². The summed E-state index contributed by atoms with van der Waals surface area (Å²) in [5, 5.41) is 0. The Labute approximate surface area is 137 Å². The first-order chi connectivity index (χ1) is 10.5. The first-order valence-corrected chi connectivity index (χ1v) is 7.77. The molecule has 0 aromatic heterocycles. The Balaban J connectivity index is 2.76. The van der Waals surface area contributed by atoms with Crippen molar-refractivity contribution in [3.8, 4) is 0 Å². The first kappa shape index (κ1) is 19.2. The molecular formula is C17H26O6. The zero-order valence-electron chi connectivity index (χ0n) is 14.6. The average molecular weight is 326 g/mol. The van der Waals surface area contributed by atoms with E-state index in [4.69, 9.17) is 14.2 Å². The molecule has 0 aliphatic carbocycles. The lowest BCUT2D eigenvalue weighted by molar-refractivity contribution is -0.173. The Morgan fingerprint density at radius 1 is 1.35 bits per heavy atom. The molecule has 23 heavy (non-hydrogen) atoms. The van der Waals surface area contributed by atoms with Gasteiger partial charge in [0.15, 0.2) is 0 Å². The van der Waals surface area contributed by atoms with E-state index in [2.05, 4.69) is 6.58 Å². The van der Waals surface area contributed by atoms with Gasteiger partial charge in [0.2, 0.25) is 6.10 Å². The number of hydrogen-bond acceptors (Lipinski definition) is 6. The Hall–Kier alpha value is -1.85. The van der Waals surface area contributed by atoms with Crippen molar-refractivity contribution in [2.45, 2.75) is 65.6 Å². The van der Waals surface area contributed by atoms with Crippen LogP contribution in [0.4, 0.5) is 0 Å². The topological polar surface area (TPSA) is 78.9 Å². The van der Waals surface area contributed by atoms with Gasteiger partial charge >= 0.3 is 17.9 Å². The number of esters is 3. The van der Waals surface area contributed by atoms with E-state index in [9.17, 15) is 14.4 Å². The number of hydrogen-bond donors (Lipinski definition) is 0. The van der Waals surface area contributed by atoms with Crippen LogP contribution in [0, 0.1) is 5.41 Å². The molecule has 0 aromatic carbocycles. The molecule has 1 heterocycles. The van der Waals surface area contributed by atoms with Gasteiger partial charge in [0.1, 0.15) is 5.60 Å². The standard InChI is InChI=1S/C17H26O6/c1-7-17(6,23-13(18)11(2)3)10-16(4,5)15(20)22-12-8-9-21-14(12)19/h12H,2,7-10H2,1,3-6H3. The summed E-state index contributed by atoms with van der Waals surface area (Å²) in [5.74, 6) is -1.51. The second-order valence-corrected chi connectivity index (χ2v) is 6.88. The largest absolute Gasteiger partial charge is 0.463 e. The Kier molecular flexibility index (Phi) is 5.97. The van der Waals surface area contributed by atoms with Crippen molar-refractivity contribution >= 4 is 17.9 Å². The number of carbonyl (C=O) groups excluding carboxylic acids is 3. The molecule has 0 bridgehead atoms. The van der Waals surface area contributed by atoms with E-state index in [1.807, 2.05) is 6.92 Å². The number of cyclic esters (lactones) is 1. The van der Waals surface area contributed by atoms with Crippen LogP contribution in [0.3, 0.4) is 0 Å². The van der Waals surface area contributed by atoms with Crippen LogP contribution in [0.15, 0.2) is 12.2 Å². The third-order valence-electron chi connectivity index (χ3n) is 3.94. The molecule has 2 unspecified atom stereocenters. The highest BCUT2D eigenvalue weighted by atomic mass is 16.6. The number of carbonyl (C=O) groups is 3. The molecule has 0 N–H and O–H groups in total. The summed E-state index contributed by atoms with van der Waals surface area (Å²) >= 11 is 0. The number of rotatable bonds is 7. The summed E-state index contributed by atoms with van der Waals surface area (Å²) in [5.41, 5.74) is -1.43. The highest BCUT2D eigenvalue weighted by Gasteiger charge is 2.42. The molecule has 6 nitrogen and oxygen atoms in total. The lowest BCUT2D eigenvalue weighted by atomic mass is 9.79. The Morgan fingerprint density at radius 2 is 1.96 bits per heavy atom. The normalized spacial score (nSPS) is 20.4. The Morgan fingerprint density at radius 3 is 2.39 bits per heavy atom. The second kappa shape index (κ2) is 7.15. The van der Waals surface area contributed by atoms with Crippen molar-refractivity contribution in [3.63, 3.8) is 0 Å². The fraction of sp³-hybridized carbons (Fsp3) is 0.706. The van der Waals surface area contributed by atoms with Gasteiger partial charge < -0.3 is 14.2 Å². The third-order valence-corrected chi connectivity index (χ3v) is 3.94. The molecule has 6 heteroatoms. The highest BCUT2D eigenvalue weighted by Crippen LogP contribution is 2.35. The molecule has 1 saturated heterocycles. The minimum atomic E-state index is -0.914. The monoisotopic (exact) mass is 326 g/mol. The van der Waals surface area contributed by atoms with Gasteiger partial charge in [0, 0.05) is 18.4 Å². The summed E-state index contributed by atoms with van der Waals surface area (Å²) in [7, 11) is 0. The van der Waals surface area contributed by atoms with Gasteiger partial charge in [0.25, 0.3) is 0 Å². The fourth-order valence-electron chi connectivity index (χ4n) is 2.42. The summed E-state index contributed by atoms with van der Waals surface area (Å²) in [6, 6.07) is 0. The molecular weight excluding hydrogens is 300 g/mol.